The summed E-state index contributed by atoms with van der Waals surface area (Å²) in [6, 6.07) is 0. The summed E-state index contributed by atoms with van der Waals surface area (Å²) in [6.45, 7) is 5.87. The van der Waals surface area contributed by atoms with Crippen molar-refractivity contribution in [1.29, 1.82) is 0 Å². The fraction of sp³-hybridized carbons (Fsp3) is 0.727. The second-order valence-electron chi connectivity index (χ2n) is 3.68. The zero-order chi connectivity index (χ0) is 11.8. The van der Waals surface area contributed by atoms with Crippen molar-refractivity contribution < 1.29 is 14.3 Å². The molecule has 0 aromatic carbocycles. The maximum atomic E-state index is 11.8. The van der Waals surface area contributed by atoms with E-state index in [1.165, 1.54) is 0 Å². The van der Waals surface area contributed by atoms with E-state index in [4.69, 9.17) is 9.47 Å². The number of nitrogens with one attached hydrogen (secondary N) is 1. The summed E-state index contributed by atoms with van der Waals surface area (Å²) in [4.78, 5) is 13.6. The van der Waals surface area contributed by atoms with Crippen LogP contribution in [0.15, 0.2) is 11.8 Å². The molecule has 1 N–H and O–H groups in total. The number of ether oxygens (including phenoxy) is 2. The number of allylic oxidation sites excluding steroid dienone is 1. The molecule has 5 nitrogen and oxygen atoms in total. The van der Waals surface area contributed by atoms with Gasteiger partial charge in [-0.1, -0.05) is 0 Å². The summed E-state index contributed by atoms with van der Waals surface area (Å²) in [5.74, 6) is 0.0470. The largest absolute Gasteiger partial charge is 0.386 e. The number of hydrogen-bond acceptors (Lipinski definition) is 4. The van der Waals surface area contributed by atoms with Crippen LogP contribution in [-0.2, 0) is 14.3 Å². The first-order chi connectivity index (χ1) is 7.74. The molecular formula is C11H20N2O3. The quantitative estimate of drug-likeness (QED) is 0.531. The molecule has 0 atom stereocenters. The number of hydrogen-bond donors (Lipinski definition) is 1. The molecule has 0 spiro atoms. The third kappa shape index (κ3) is 4.63. The number of carbonyl (C=O) groups excluding carboxylic acids is 1. The van der Waals surface area contributed by atoms with Crippen molar-refractivity contribution in [3.8, 4) is 0 Å². The minimum Gasteiger partial charge on any atom is -0.386 e. The van der Waals surface area contributed by atoms with E-state index >= 15 is 0 Å². The molecule has 0 radical (unpaired) electrons. The van der Waals surface area contributed by atoms with E-state index in [2.05, 4.69) is 5.32 Å². The molecule has 0 unspecified atom stereocenters. The third-order valence-corrected chi connectivity index (χ3v) is 2.37. The number of nitrogens with zero attached hydrogens (tertiary/aromatic N) is 1. The smallest absolute Gasteiger partial charge is 0.248 e. The Balaban J connectivity index is 2.32. The predicted molar refractivity (Wildman–Crippen MR) is 61.0 cm³/mol. The van der Waals surface area contributed by atoms with Gasteiger partial charge in [0.2, 0.25) is 5.91 Å². The second kappa shape index (κ2) is 7.24. The first-order valence-corrected chi connectivity index (χ1v) is 5.52. The van der Waals surface area contributed by atoms with Gasteiger partial charge in [0.15, 0.2) is 0 Å². The van der Waals surface area contributed by atoms with E-state index in [1.54, 1.807) is 18.1 Å². The van der Waals surface area contributed by atoms with Crippen molar-refractivity contribution in [2.45, 2.75) is 6.92 Å². The van der Waals surface area contributed by atoms with Gasteiger partial charge in [-0.2, -0.15) is 0 Å². The highest BCUT2D eigenvalue weighted by atomic mass is 16.5. The van der Waals surface area contributed by atoms with Crippen molar-refractivity contribution in [2.24, 2.45) is 0 Å². The third-order valence-electron chi connectivity index (χ3n) is 2.37. The van der Waals surface area contributed by atoms with E-state index < -0.39 is 0 Å². The average Bonchev–Trinajstić information content (AvgIpc) is 2.30. The predicted octanol–water partition coefficient (Wildman–Crippen LogP) is -0.0150. The monoisotopic (exact) mass is 228 g/mol. The van der Waals surface area contributed by atoms with Crippen LogP contribution in [0.25, 0.3) is 0 Å². The second-order valence-corrected chi connectivity index (χ2v) is 3.68. The van der Waals surface area contributed by atoms with Crippen LogP contribution in [-0.4, -0.2) is 57.4 Å². The fourth-order valence-corrected chi connectivity index (χ4v) is 1.46. The van der Waals surface area contributed by atoms with Crippen LogP contribution in [0.1, 0.15) is 6.92 Å². The van der Waals surface area contributed by atoms with Crippen LogP contribution in [0.3, 0.4) is 0 Å². The lowest BCUT2D eigenvalue weighted by Crippen LogP contribution is -2.40. The molecule has 0 saturated carbocycles. The molecule has 0 aromatic rings. The van der Waals surface area contributed by atoms with E-state index in [0.717, 1.165) is 12.2 Å². The first-order valence-electron chi connectivity index (χ1n) is 5.52. The summed E-state index contributed by atoms with van der Waals surface area (Å²) in [6.07, 6.45) is 1.63. The molecule has 16 heavy (non-hydrogen) atoms. The van der Waals surface area contributed by atoms with E-state index in [0.29, 0.717) is 32.9 Å². The van der Waals surface area contributed by atoms with Gasteiger partial charge < -0.3 is 19.7 Å². The van der Waals surface area contributed by atoms with Gasteiger partial charge in [0.25, 0.3) is 0 Å². The Kier molecular flexibility index (Phi) is 5.88. The lowest BCUT2D eigenvalue weighted by Gasteiger charge is -2.25. The SMILES string of the molecule is COCCN/C(C)=C\C(=O)N1CCOCC1. The summed E-state index contributed by atoms with van der Waals surface area (Å²) >= 11 is 0. The molecule has 1 aliphatic heterocycles. The fourth-order valence-electron chi connectivity index (χ4n) is 1.46. The van der Waals surface area contributed by atoms with Gasteiger partial charge in [0.1, 0.15) is 0 Å². The molecule has 1 fully saturated rings. The maximum absolute atomic E-state index is 11.8. The summed E-state index contributed by atoms with van der Waals surface area (Å²) in [5, 5.41) is 3.11. The highest BCUT2D eigenvalue weighted by Crippen LogP contribution is 1.99. The van der Waals surface area contributed by atoms with Crippen LogP contribution in [0.5, 0.6) is 0 Å². The van der Waals surface area contributed by atoms with E-state index in [1.807, 2.05) is 6.92 Å². The highest BCUT2D eigenvalue weighted by molar-refractivity contribution is 5.88. The van der Waals surface area contributed by atoms with Crippen LogP contribution in [0.2, 0.25) is 0 Å². The molecule has 1 saturated heterocycles. The molecular weight excluding hydrogens is 208 g/mol. The van der Waals surface area contributed by atoms with E-state index in [-0.39, 0.29) is 5.91 Å². The van der Waals surface area contributed by atoms with Crippen LogP contribution >= 0.6 is 0 Å². The van der Waals surface area contributed by atoms with Crippen molar-refractivity contribution in [1.82, 2.24) is 10.2 Å². The molecule has 1 aliphatic rings. The van der Waals surface area contributed by atoms with Crippen LogP contribution < -0.4 is 5.32 Å². The molecule has 0 aromatic heterocycles. The summed E-state index contributed by atoms with van der Waals surface area (Å²) in [5.41, 5.74) is 0.869. The zero-order valence-corrected chi connectivity index (χ0v) is 9.99. The Morgan fingerprint density at radius 3 is 2.81 bits per heavy atom. The Morgan fingerprint density at radius 1 is 1.50 bits per heavy atom. The maximum Gasteiger partial charge on any atom is 0.248 e. The van der Waals surface area contributed by atoms with Crippen molar-refractivity contribution in [3.63, 3.8) is 0 Å². The van der Waals surface area contributed by atoms with E-state index in [9.17, 15) is 4.79 Å². The number of morpholine rings is 1. The lowest BCUT2D eigenvalue weighted by molar-refractivity contribution is -0.130. The van der Waals surface area contributed by atoms with Crippen LogP contribution in [0, 0.1) is 0 Å². The molecule has 1 rings (SSSR count). The zero-order valence-electron chi connectivity index (χ0n) is 9.99. The molecule has 0 aliphatic carbocycles. The number of rotatable bonds is 5. The van der Waals surface area contributed by atoms with Crippen molar-refractivity contribution in [2.75, 3.05) is 46.6 Å². The normalized spacial score (nSPS) is 17.4. The van der Waals surface area contributed by atoms with Gasteiger partial charge in [0.05, 0.1) is 19.8 Å². The molecule has 5 heteroatoms. The van der Waals surface area contributed by atoms with Gasteiger partial charge in [0, 0.05) is 38.5 Å². The summed E-state index contributed by atoms with van der Waals surface area (Å²) < 4.78 is 10.1. The van der Waals surface area contributed by atoms with Crippen molar-refractivity contribution in [3.05, 3.63) is 11.8 Å². The van der Waals surface area contributed by atoms with Crippen LogP contribution in [0.4, 0.5) is 0 Å². The molecule has 1 amide bonds. The van der Waals surface area contributed by atoms with Gasteiger partial charge in [-0.05, 0) is 6.92 Å². The Hall–Kier alpha value is -1.07. The Labute approximate surface area is 96.4 Å². The highest BCUT2D eigenvalue weighted by Gasteiger charge is 2.14. The van der Waals surface area contributed by atoms with Gasteiger partial charge in [-0.25, -0.2) is 0 Å². The standard InChI is InChI=1S/C11H20N2O3/c1-10(12-3-6-15-2)9-11(14)13-4-7-16-8-5-13/h9,12H,3-8H2,1-2H3/b10-9-. The minimum atomic E-state index is 0.0470. The van der Waals surface area contributed by atoms with Gasteiger partial charge in [-0.15, -0.1) is 0 Å². The Bertz CT molecular complexity index is 248. The number of carbonyl (C=O) groups is 1. The first kappa shape index (κ1) is 13.0. The average molecular weight is 228 g/mol. The Morgan fingerprint density at radius 2 is 2.19 bits per heavy atom. The van der Waals surface area contributed by atoms with Crippen molar-refractivity contribution >= 4 is 5.91 Å². The minimum absolute atomic E-state index is 0.0470. The molecule has 1 heterocycles. The topological polar surface area (TPSA) is 50.8 Å². The van der Waals surface area contributed by atoms with Gasteiger partial charge in [-0.3, -0.25) is 4.79 Å². The summed E-state index contributed by atoms with van der Waals surface area (Å²) in [7, 11) is 1.65. The van der Waals surface area contributed by atoms with Gasteiger partial charge >= 0.3 is 0 Å². The number of methoxy groups -OCH3 is 1. The lowest BCUT2D eigenvalue weighted by atomic mass is 10.3. The number of amides is 1. The molecule has 92 valence electrons. The molecule has 0 bridgehead atoms.